The molecule has 1 saturated carbocycles. The lowest BCUT2D eigenvalue weighted by atomic mass is 9.87. The average Bonchev–Trinajstić information content (AvgIpc) is 2.82. The van der Waals surface area contributed by atoms with Gasteiger partial charge >= 0.3 is 0 Å². The second-order valence-corrected chi connectivity index (χ2v) is 7.40. The smallest absolute Gasteiger partial charge is 0.268 e. The number of aromatic nitrogens is 1. The molecular weight excluding hydrogens is 290 g/mol. The Morgan fingerprint density at radius 1 is 1.48 bits per heavy atom. The van der Waals surface area contributed by atoms with Crippen molar-refractivity contribution in [1.29, 1.82) is 0 Å². The topological polar surface area (TPSA) is 94.2 Å². The first-order valence-corrected chi connectivity index (χ1v) is 8.89. The molecule has 21 heavy (non-hydrogen) atoms. The monoisotopic (exact) mass is 313 g/mol. The second-order valence-electron chi connectivity index (χ2n) is 5.83. The van der Waals surface area contributed by atoms with Gasteiger partial charge in [-0.1, -0.05) is 19.8 Å². The Hall–Kier alpha value is -1.34. The van der Waals surface area contributed by atoms with Gasteiger partial charge < -0.3 is 9.88 Å². The number of carbonyl (C=O) groups excluding carboxylic acids is 1. The molecular formula is C14H23N3O3S. The molecule has 7 heteroatoms. The van der Waals surface area contributed by atoms with E-state index >= 15 is 0 Å². The van der Waals surface area contributed by atoms with Crippen LogP contribution >= 0.6 is 0 Å². The highest BCUT2D eigenvalue weighted by molar-refractivity contribution is 7.89. The van der Waals surface area contributed by atoms with Crippen molar-refractivity contribution in [2.75, 3.05) is 0 Å². The molecule has 1 aromatic heterocycles. The fraction of sp³-hybridized carbons (Fsp3) is 0.643. The fourth-order valence-corrected chi connectivity index (χ4v) is 3.47. The largest absolute Gasteiger partial charge is 0.348 e. The normalized spacial score (nSPS) is 23.0. The second kappa shape index (κ2) is 6.19. The molecule has 3 N–H and O–H groups in total. The van der Waals surface area contributed by atoms with Crippen molar-refractivity contribution >= 4 is 15.9 Å². The summed E-state index contributed by atoms with van der Waals surface area (Å²) < 4.78 is 24.4. The molecule has 2 rings (SSSR count). The van der Waals surface area contributed by atoms with Crippen LogP contribution < -0.4 is 10.5 Å². The van der Waals surface area contributed by atoms with Gasteiger partial charge in [-0.15, -0.1) is 0 Å². The third-order valence-corrected chi connectivity index (χ3v) is 4.93. The SMILES string of the molecule is CCn1cc(S(N)(=O)=O)cc1C(=O)NC1CCCC(C)C1. The lowest BCUT2D eigenvalue weighted by Gasteiger charge is -2.27. The third kappa shape index (κ3) is 3.85. The molecule has 0 radical (unpaired) electrons. The first-order valence-electron chi connectivity index (χ1n) is 7.35. The van der Waals surface area contributed by atoms with Crippen LogP contribution in [-0.2, 0) is 16.6 Å². The standard InChI is InChI=1S/C14H23N3O3S/c1-3-17-9-12(21(15,19)20)8-13(17)14(18)16-11-6-4-5-10(2)7-11/h8-11H,3-7H2,1-2H3,(H,16,18)(H2,15,19,20). The number of nitrogens with one attached hydrogen (secondary N) is 1. The summed E-state index contributed by atoms with van der Waals surface area (Å²) in [5.41, 5.74) is 0.347. The number of amides is 1. The molecule has 0 spiro atoms. The molecule has 1 aliphatic rings. The van der Waals surface area contributed by atoms with E-state index in [0.29, 0.717) is 18.2 Å². The predicted octanol–water partition coefficient (Wildman–Crippen LogP) is 1.46. The highest BCUT2D eigenvalue weighted by Gasteiger charge is 2.23. The molecule has 1 fully saturated rings. The molecule has 0 aromatic carbocycles. The highest BCUT2D eigenvalue weighted by atomic mass is 32.2. The van der Waals surface area contributed by atoms with Crippen LogP contribution in [-0.4, -0.2) is 24.9 Å². The van der Waals surface area contributed by atoms with E-state index in [4.69, 9.17) is 5.14 Å². The van der Waals surface area contributed by atoms with Crippen LogP contribution in [0.5, 0.6) is 0 Å². The molecule has 6 nitrogen and oxygen atoms in total. The molecule has 1 aromatic rings. The van der Waals surface area contributed by atoms with E-state index < -0.39 is 10.0 Å². The van der Waals surface area contributed by atoms with E-state index in [9.17, 15) is 13.2 Å². The van der Waals surface area contributed by atoms with Crippen LogP contribution in [0.1, 0.15) is 50.0 Å². The molecule has 0 saturated heterocycles. The summed E-state index contributed by atoms with van der Waals surface area (Å²) in [4.78, 5) is 12.4. The summed E-state index contributed by atoms with van der Waals surface area (Å²) >= 11 is 0. The van der Waals surface area contributed by atoms with E-state index in [1.54, 1.807) is 4.57 Å². The number of hydrogen-bond acceptors (Lipinski definition) is 3. The maximum atomic E-state index is 12.4. The van der Waals surface area contributed by atoms with Gasteiger partial charge in [0.05, 0.1) is 0 Å². The first-order chi connectivity index (χ1) is 9.81. The summed E-state index contributed by atoms with van der Waals surface area (Å²) in [6.07, 6.45) is 5.68. The Kier molecular flexibility index (Phi) is 4.73. The lowest BCUT2D eigenvalue weighted by molar-refractivity contribution is 0.0912. The van der Waals surface area contributed by atoms with Crippen molar-refractivity contribution in [3.63, 3.8) is 0 Å². The Balaban J connectivity index is 2.16. The van der Waals surface area contributed by atoms with Gasteiger partial charge in [0.2, 0.25) is 10.0 Å². The summed E-state index contributed by atoms with van der Waals surface area (Å²) in [6, 6.07) is 1.51. The minimum atomic E-state index is -3.79. The van der Waals surface area contributed by atoms with Gasteiger partial charge in [-0.2, -0.15) is 0 Å². The molecule has 0 aliphatic heterocycles. The zero-order chi connectivity index (χ0) is 15.6. The van der Waals surface area contributed by atoms with Crippen molar-refractivity contribution in [3.8, 4) is 0 Å². The highest BCUT2D eigenvalue weighted by Crippen LogP contribution is 2.24. The van der Waals surface area contributed by atoms with Crippen molar-refractivity contribution < 1.29 is 13.2 Å². The average molecular weight is 313 g/mol. The quantitative estimate of drug-likeness (QED) is 0.881. The van der Waals surface area contributed by atoms with E-state index in [1.807, 2.05) is 6.92 Å². The minimum Gasteiger partial charge on any atom is -0.348 e. The zero-order valence-electron chi connectivity index (χ0n) is 12.5. The number of aryl methyl sites for hydroxylation is 1. The number of hydrogen-bond donors (Lipinski definition) is 2. The van der Waals surface area contributed by atoms with Crippen molar-refractivity contribution in [3.05, 3.63) is 18.0 Å². The van der Waals surface area contributed by atoms with E-state index in [-0.39, 0.29) is 16.8 Å². The maximum Gasteiger partial charge on any atom is 0.268 e. The van der Waals surface area contributed by atoms with Crippen LogP contribution in [0.3, 0.4) is 0 Å². The number of rotatable bonds is 4. The zero-order valence-corrected chi connectivity index (χ0v) is 13.3. The maximum absolute atomic E-state index is 12.4. The third-order valence-electron chi connectivity index (χ3n) is 4.04. The van der Waals surface area contributed by atoms with Gasteiger partial charge in [0.25, 0.3) is 5.91 Å². The minimum absolute atomic E-state index is 0.0217. The van der Waals surface area contributed by atoms with Crippen LogP contribution in [0, 0.1) is 5.92 Å². The molecule has 1 aliphatic carbocycles. The molecule has 2 atom stereocenters. The van der Waals surface area contributed by atoms with Crippen LogP contribution in [0.25, 0.3) is 0 Å². The van der Waals surface area contributed by atoms with Crippen LogP contribution in [0.4, 0.5) is 0 Å². The Morgan fingerprint density at radius 2 is 2.19 bits per heavy atom. The van der Waals surface area contributed by atoms with E-state index in [2.05, 4.69) is 12.2 Å². The molecule has 1 amide bonds. The number of nitrogens with zero attached hydrogens (tertiary/aromatic N) is 1. The summed E-state index contributed by atoms with van der Waals surface area (Å²) in [7, 11) is -3.79. The molecule has 2 unspecified atom stereocenters. The summed E-state index contributed by atoms with van der Waals surface area (Å²) in [5.74, 6) is 0.382. The van der Waals surface area contributed by atoms with Gasteiger partial charge in [0, 0.05) is 18.8 Å². The number of carbonyl (C=O) groups is 1. The molecule has 118 valence electrons. The van der Waals surface area contributed by atoms with Crippen molar-refractivity contribution in [2.45, 2.75) is 57.0 Å². The Labute approximate surface area is 125 Å². The van der Waals surface area contributed by atoms with Crippen LogP contribution in [0.15, 0.2) is 17.2 Å². The van der Waals surface area contributed by atoms with Gasteiger partial charge in [-0.3, -0.25) is 4.79 Å². The van der Waals surface area contributed by atoms with Gasteiger partial charge in [-0.25, -0.2) is 13.6 Å². The summed E-state index contributed by atoms with van der Waals surface area (Å²) in [5, 5.41) is 8.13. The van der Waals surface area contributed by atoms with Gasteiger partial charge in [0.15, 0.2) is 0 Å². The number of nitrogens with two attached hydrogens (primary N) is 1. The first kappa shape index (κ1) is 16.0. The van der Waals surface area contributed by atoms with Crippen molar-refractivity contribution in [2.24, 2.45) is 11.1 Å². The van der Waals surface area contributed by atoms with E-state index in [0.717, 1.165) is 19.3 Å². The lowest BCUT2D eigenvalue weighted by Crippen LogP contribution is -2.38. The predicted molar refractivity (Wildman–Crippen MR) is 80.4 cm³/mol. The van der Waals surface area contributed by atoms with Gasteiger partial charge in [-0.05, 0) is 31.7 Å². The van der Waals surface area contributed by atoms with Crippen molar-refractivity contribution in [1.82, 2.24) is 9.88 Å². The summed E-state index contributed by atoms with van der Waals surface area (Å²) in [6.45, 7) is 4.55. The Bertz CT molecular complexity index is 621. The van der Waals surface area contributed by atoms with Gasteiger partial charge in [0.1, 0.15) is 10.6 Å². The fourth-order valence-electron chi connectivity index (χ4n) is 2.92. The Morgan fingerprint density at radius 3 is 2.76 bits per heavy atom. The number of sulfonamides is 1. The van der Waals surface area contributed by atoms with E-state index in [1.165, 1.54) is 18.7 Å². The van der Waals surface area contributed by atoms with Crippen LogP contribution in [0.2, 0.25) is 0 Å². The number of primary sulfonamides is 1. The molecule has 1 heterocycles. The molecule has 0 bridgehead atoms.